The van der Waals surface area contributed by atoms with E-state index in [-0.39, 0.29) is 10.9 Å². The molecule has 0 radical (unpaired) electrons. The number of thioether (sulfide) groups is 1. The minimum absolute atomic E-state index is 0.0430. The van der Waals surface area contributed by atoms with Crippen LogP contribution in [0.1, 0.15) is 44.2 Å². The molecule has 19 heavy (non-hydrogen) atoms. The van der Waals surface area contributed by atoms with Gasteiger partial charge >= 0.3 is 5.69 Å². The van der Waals surface area contributed by atoms with Crippen molar-refractivity contribution in [3.8, 4) is 0 Å². The van der Waals surface area contributed by atoms with Gasteiger partial charge in [0, 0.05) is 13.0 Å². The number of nitrogens with zero attached hydrogens (tertiary/aromatic N) is 4. The van der Waals surface area contributed by atoms with Gasteiger partial charge in [-0.2, -0.15) is 4.98 Å². The van der Waals surface area contributed by atoms with Gasteiger partial charge in [-0.15, -0.1) is 5.10 Å². The van der Waals surface area contributed by atoms with Crippen molar-refractivity contribution in [1.82, 2.24) is 24.9 Å². The van der Waals surface area contributed by atoms with Gasteiger partial charge in [0.25, 0.3) is 0 Å². The van der Waals surface area contributed by atoms with Gasteiger partial charge in [0.1, 0.15) is 0 Å². The number of hydrogen-bond donors (Lipinski definition) is 1. The second-order valence-electron chi connectivity index (χ2n) is 4.13. The van der Waals surface area contributed by atoms with E-state index in [4.69, 9.17) is 4.52 Å². The van der Waals surface area contributed by atoms with Gasteiger partial charge in [-0.1, -0.05) is 30.8 Å². The highest BCUT2D eigenvalue weighted by Crippen LogP contribution is 2.31. The van der Waals surface area contributed by atoms with Crippen LogP contribution in [-0.2, 0) is 13.0 Å². The Labute approximate surface area is 114 Å². The summed E-state index contributed by atoms with van der Waals surface area (Å²) in [4.78, 5) is 15.9. The highest BCUT2D eigenvalue weighted by atomic mass is 32.2. The zero-order valence-electron chi connectivity index (χ0n) is 11.2. The van der Waals surface area contributed by atoms with Crippen molar-refractivity contribution in [3.05, 3.63) is 22.2 Å². The summed E-state index contributed by atoms with van der Waals surface area (Å²) in [6.07, 6.45) is 1.62. The van der Waals surface area contributed by atoms with Crippen molar-refractivity contribution in [2.24, 2.45) is 0 Å². The van der Waals surface area contributed by atoms with E-state index in [0.717, 1.165) is 12.8 Å². The Morgan fingerprint density at radius 3 is 2.89 bits per heavy atom. The Kier molecular flexibility index (Phi) is 4.41. The van der Waals surface area contributed by atoms with Crippen LogP contribution in [0.5, 0.6) is 0 Å². The third-order valence-electron chi connectivity index (χ3n) is 2.60. The summed E-state index contributed by atoms with van der Waals surface area (Å²) in [7, 11) is 0. The molecule has 7 nitrogen and oxygen atoms in total. The second kappa shape index (κ2) is 6.05. The number of hydrogen-bond acceptors (Lipinski definition) is 6. The molecule has 0 fully saturated rings. The zero-order chi connectivity index (χ0) is 13.8. The lowest BCUT2D eigenvalue weighted by Gasteiger charge is -2.06. The number of H-pyrrole nitrogens is 1. The molecular formula is C11H17N5O2S. The van der Waals surface area contributed by atoms with E-state index < -0.39 is 0 Å². The van der Waals surface area contributed by atoms with Crippen LogP contribution in [0.4, 0.5) is 0 Å². The average Bonchev–Trinajstić information content (AvgIpc) is 3.00. The van der Waals surface area contributed by atoms with E-state index in [9.17, 15) is 4.79 Å². The summed E-state index contributed by atoms with van der Waals surface area (Å²) >= 11 is 1.43. The predicted octanol–water partition coefficient (Wildman–Crippen LogP) is 1.78. The van der Waals surface area contributed by atoms with E-state index in [1.165, 1.54) is 11.8 Å². The molecule has 2 rings (SSSR count). The maximum atomic E-state index is 11.6. The molecule has 2 aromatic rings. The first-order valence-corrected chi connectivity index (χ1v) is 7.18. The maximum absolute atomic E-state index is 11.6. The Hall–Kier alpha value is -1.57. The summed E-state index contributed by atoms with van der Waals surface area (Å²) in [6.45, 7) is 6.59. The number of rotatable bonds is 6. The molecule has 0 aliphatic carbocycles. The summed E-state index contributed by atoms with van der Waals surface area (Å²) < 4.78 is 6.81. The molecule has 104 valence electrons. The lowest BCUT2D eigenvalue weighted by molar-refractivity contribution is 0.375. The van der Waals surface area contributed by atoms with E-state index >= 15 is 0 Å². The molecule has 1 unspecified atom stereocenters. The first-order valence-electron chi connectivity index (χ1n) is 6.30. The maximum Gasteiger partial charge on any atom is 0.343 e. The van der Waals surface area contributed by atoms with Crippen molar-refractivity contribution in [3.63, 3.8) is 0 Å². The van der Waals surface area contributed by atoms with E-state index in [1.54, 1.807) is 4.57 Å². The van der Waals surface area contributed by atoms with Gasteiger partial charge in [0.2, 0.25) is 5.89 Å². The first kappa shape index (κ1) is 13.9. The number of aromatic amines is 1. The van der Waals surface area contributed by atoms with Gasteiger partial charge < -0.3 is 4.52 Å². The zero-order valence-corrected chi connectivity index (χ0v) is 12.0. The van der Waals surface area contributed by atoms with Crippen molar-refractivity contribution in [1.29, 1.82) is 0 Å². The molecule has 2 heterocycles. The molecule has 0 saturated carbocycles. The van der Waals surface area contributed by atoms with E-state index in [0.29, 0.717) is 23.4 Å². The first-order chi connectivity index (χ1) is 9.15. The van der Waals surface area contributed by atoms with E-state index in [1.807, 2.05) is 20.8 Å². The van der Waals surface area contributed by atoms with Gasteiger partial charge in [0.05, 0.1) is 5.25 Å². The summed E-state index contributed by atoms with van der Waals surface area (Å²) in [5, 5.41) is 11.0. The Morgan fingerprint density at radius 2 is 2.26 bits per heavy atom. The minimum atomic E-state index is -0.184. The summed E-state index contributed by atoms with van der Waals surface area (Å²) in [5.41, 5.74) is -0.184. The van der Waals surface area contributed by atoms with Crippen LogP contribution in [0.15, 0.2) is 14.5 Å². The lowest BCUT2D eigenvalue weighted by atomic mass is 10.4. The predicted molar refractivity (Wildman–Crippen MR) is 71.1 cm³/mol. The molecule has 0 aliphatic heterocycles. The fourth-order valence-corrected chi connectivity index (χ4v) is 2.51. The topological polar surface area (TPSA) is 89.6 Å². The summed E-state index contributed by atoms with van der Waals surface area (Å²) in [5.74, 6) is 1.25. The molecule has 1 N–H and O–H groups in total. The van der Waals surface area contributed by atoms with Gasteiger partial charge in [0.15, 0.2) is 11.0 Å². The van der Waals surface area contributed by atoms with Gasteiger partial charge in [-0.05, 0) is 13.3 Å². The molecule has 8 heteroatoms. The van der Waals surface area contributed by atoms with E-state index in [2.05, 4.69) is 20.3 Å². The fraction of sp³-hybridized carbons (Fsp3) is 0.636. The third-order valence-corrected chi connectivity index (χ3v) is 3.68. The monoisotopic (exact) mass is 283 g/mol. The van der Waals surface area contributed by atoms with Gasteiger partial charge in [-0.25, -0.2) is 9.89 Å². The van der Waals surface area contributed by atoms with Crippen LogP contribution in [0.25, 0.3) is 0 Å². The standard InChI is InChI=1S/C11H17N5O2S/c1-4-6-16-10(17)13-14-11(16)19-7(3)9-12-8(5-2)15-18-9/h7H,4-6H2,1-3H3,(H,13,17). The molecular weight excluding hydrogens is 266 g/mol. The van der Waals surface area contributed by atoms with Crippen LogP contribution >= 0.6 is 11.8 Å². The molecule has 0 aliphatic rings. The van der Waals surface area contributed by atoms with Gasteiger partial charge in [-0.3, -0.25) is 4.57 Å². The SMILES string of the molecule is CCCn1c(SC(C)c2nc(CC)no2)n[nH]c1=O. The second-order valence-corrected chi connectivity index (χ2v) is 5.43. The van der Waals surface area contributed by atoms with Crippen LogP contribution in [0, 0.1) is 0 Å². The average molecular weight is 283 g/mol. The molecule has 1 atom stereocenters. The van der Waals surface area contributed by atoms with Crippen LogP contribution in [0.3, 0.4) is 0 Å². The number of nitrogens with one attached hydrogen (secondary N) is 1. The Balaban J connectivity index is 2.14. The lowest BCUT2D eigenvalue weighted by Crippen LogP contribution is -2.17. The molecule has 0 bridgehead atoms. The third kappa shape index (κ3) is 3.06. The Bertz CT molecular complexity index is 588. The van der Waals surface area contributed by atoms with Crippen molar-refractivity contribution in [2.75, 3.05) is 0 Å². The van der Waals surface area contributed by atoms with Crippen molar-refractivity contribution in [2.45, 2.75) is 50.6 Å². The highest BCUT2D eigenvalue weighted by molar-refractivity contribution is 7.99. The number of aryl methyl sites for hydroxylation is 1. The fourth-order valence-electron chi connectivity index (χ4n) is 1.60. The number of aromatic nitrogens is 5. The smallest absolute Gasteiger partial charge is 0.338 e. The molecule has 2 aromatic heterocycles. The molecule has 0 spiro atoms. The molecule has 0 saturated heterocycles. The summed E-state index contributed by atoms with van der Waals surface area (Å²) in [6, 6.07) is 0. The highest BCUT2D eigenvalue weighted by Gasteiger charge is 2.19. The molecule has 0 aromatic carbocycles. The van der Waals surface area contributed by atoms with Crippen LogP contribution in [-0.4, -0.2) is 24.9 Å². The van der Waals surface area contributed by atoms with Crippen LogP contribution < -0.4 is 5.69 Å². The largest absolute Gasteiger partial charge is 0.343 e. The Morgan fingerprint density at radius 1 is 1.47 bits per heavy atom. The van der Waals surface area contributed by atoms with Crippen molar-refractivity contribution < 1.29 is 4.52 Å². The normalized spacial score (nSPS) is 12.8. The molecule has 0 amide bonds. The van der Waals surface area contributed by atoms with Crippen molar-refractivity contribution >= 4 is 11.8 Å². The minimum Gasteiger partial charge on any atom is -0.338 e. The van der Waals surface area contributed by atoms with Crippen LogP contribution in [0.2, 0.25) is 0 Å². The quantitative estimate of drug-likeness (QED) is 0.813.